The third-order valence-corrected chi connectivity index (χ3v) is 5.81. The molecule has 1 aromatic carbocycles. The summed E-state index contributed by atoms with van der Waals surface area (Å²) in [6, 6.07) is 9.75. The molecule has 21 heavy (non-hydrogen) atoms. The van der Waals surface area contributed by atoms with E-state index in [1.54, 1.807) is 0 Å². The molecule has 0 heterocycles. The molecule has 2 saturated carbocycles. The number of primary amides is 1. The van der Waals surface area contributed by atoms with E-state index < -0.39 is 0 Å². The Bertz CT molecular complexity index is 505. The summed E-state index contributed by atoms with van der Waals surface area (Å²) >= 11 is 3.65. The van der Waals surface area contributed by atoms with Crippen molar-refractivity contribution in [1.82, 2.24) is 5.32 Å². The van der Waals surface area contributed by atoms with Crippen molar-refractivity contribution >= 4 is 21.8 Å². The lowest BCUT2D eigenvalue weighted by Gasteiger charge is -2.40. The Morgan fingerprint density at radius 2 is 1.76 bits per heavy atom. The molecule has 3 nitrogen and oxygen atoms in total. The molecule has 2 fully saturated rings. The van der Waals surface area contributed by atoms with Gasteiger partial charge in [-0.15, -0.1) is 0 Å². The van der Waals surface area contributed by atoms with Crippen LogP contribution in [0.2, 0.25) is 0 Å². The Labute approximate surface area is 134 Å². The summed E-state index contributed by atoms with van der Waals surface area (Å²) in [4.78, 5) is 11.2. The average molecular weight is 351 g/mol. The minimum atomic E-state index is -0.119. The second-order valence-corrected chi connectivity index (χ2v) is 7.36. The van der Waals surface area contributed by atoms with Crippen LogP contribution in [0.5, 0.6) is 0 Å². The van der Waals surface area contributed by atoms with Crippen LogP contribution in [0.15, 0.2) is 28.7 Å². The van der Waals surface area contributed by atoms with Crippen LogP contribution >= 0.6 is 15.9 Å². The molecular formula is C17H23BrN2O. The Morgan fingerprint density at radius 1 is 1.10 bits per heavy atom. The first-order valence-electron chi connectivity index (χ1n) is 7.93. The number of amides is 1. The first-order valence-corrected chi connectivity index (χ1v) is 8.72. The zero-order valence-corrected chi connectivity index (χ0v) is 13.8. The van der Waals surface area contributed by atoms with Gasteiger partial charge in [0.15, 0.2) is 0 Å². The van der Waals surface area contributed by atoms with Crippen LogP contribution in [0.3, 0.4) is 0 Å². The molecule has 0 atom stereocenters. The molecule has 0 aliphatic heterocycles. The highest BCUT2D eigenvalue weighted by molar-refractivity contribution is 9.10. The van der Waals surface area contributed by atoms with Crippen LogP contribution < -0.4 is 11.1 Å². The van der Waals surface area contributed by atoms with Gasteiger partial charge in [-0.05, 0) is 56.1 Å². The second-order valence-electron chi connectivity index (χ2n) is 6.50. The summed E-state index contributed by atoms with van der Waals surface area (Å²) in [6.45, 7) is 0. The molecule has 3 rings (SSSR count). The van der Waals surface area contributed by atoms with Crippen molar-refractivity contribution in [3.63, 3.8) is 0 Å². The first kappa shape index (κ1) is 15.0. The molecule has 0 aromatic heterocycles. The molecule has 0 spiro atoms. The number of nitrogens with one attached hydrogen (secondary N) is 1. The summed E-state index contributed by atoms with van der Waals surface area (Å²) in [5.74, 6) is 0.670. The second kappa shape index (κ2) is 6.49. The highest BCUT2D eigenvalue weighted by Gasteiger charge is 2.34. The third kappa shape index (κ3) is 3.49. The highest BCUT2D eigenvalue weighted by atomic mass is 79.9. The van der Waals surface area contributed by atoms with Crippen molar-refractivity contribution < 1.29 is 4.79 Å². The summed E-state index contributed by atoms with van der Waals surface area (Å²) in [6.07, 6.45) is 6.52. The van der Waals surface area contributed by atoms with E-state index in [1.807, 2.05) is 0 Å². The van der Waals surface area contributed by atoms with Crippen molar-refractivity contribution in [1.29, 1.82) is 0 Å². The smallest absolute Gasteiger partial charge is 0.220 e. The van der Waals surface area contributed by atoms with Crippen LogP contribution in [-0.2, 0) is 4.79 Å². The van der Waals surface area contributed by atoms with Crippen LogP contribution in [0, 0.1) is 5.92 Å². The predicted octanol–water partition coefficient (Wildman–Crippen LogP) is 3.33. The van der Waals surface area contributed by atoms with Crippen molar-refractivity contribution in [3.8, 4) is 0 Å². The topological polar surface area (TPSA) is 55.1 Å². The third-order valence-electron chi connectivity index (χ3n) is 5.08. The van der Waals surface area contributed by atoms with Gasteiger partial charge in [-0.1, -0.05) is 34.1 Å². The first-order chi connectivity index (χ1) is 10.1. The van der Waals surface area contributed by atoms with Gasteiger partial charge in [0.25, 0.3) is 0 Å². The van der Waals surface area contributed by atoms with Gasteiger partial charge in [-0.3, -0.25) is 4.79 Å². The molecule has 114 valence electrons. The Morgan fingerprint density at radius 3 is 2.38 bits per heavy atom. The van der Waals surface area contributed by atoms with E-state index in [4.69, 9.17) is 5.73 Å². The zero-order valence-electron chi connectivity index (χ0n) is 12.2. The fourth-order valence-electron chi connectivity index (χ4n) is 3.69. The van der Waals surface area contributed by atoms with E-state index in [-0.39, 0.29) is 11.8 Å². The van der Waals surface area contributed by atoms with Gasteiger partial charge in [0.2, 0.25) is 5.91 Å². The average Bonchev–Trinajstić information content (AvgIpc) is 2.44. The van der Waals surface area contributed by atoms with Gasteiger partial charge in [-0.2, -0.15) is 0 Å². The lowest BCUT2D eigenvalue weighted by atomic mass is 9.75. The number of halogens is 1. The number of carbonyl (C=O) groups excluding carboxylic acids is 1. The zero-order chi connectivity index (χ0) is 14.8. The lowest BCUT2D eigenvalue weighted by molar-refractivity contribution is -0.122. The normalized spacial score (nSPS) is 32.4. The van der Waals surface area contributed by atoms with Gasteiger partial charge >= 0.3 is 0 Å². The fraction of sp³-hybridized carbons (Fsp3) is 0.588. The Balaban J connectivity index is 1.44. The molecule has 4 heteroatoms. The molecule has 0 saturated heterocycles. The molecule has 2 aliphatic carbocycles. The summed E-state index contributed by atoms with van der Waals surface area (Å²) < 4.78 is 1.23. The maximum absolute atomic E-state index is 11.2. The summed E-state index contributed by atoms with van der Waals surface area (Å²) in [5.41, 5.74) is 6.82. The molecule has 0 radical (unpaired) electrons. The number of carbonyl (C=O) groups is 1. The minimum Gasteiger partial charge on any atom is -0.369 e. The number of hydrogen-bond acceptors (Lipinski definition) is 2. The largest absolute Gasteiger partial charge is 0.369 e. The van der Waals surface area contributed by atoms with Gasteiger partial charge in [0, 0.05) is 22.5 Å². The van der Waals surface area contributed by atoms with E-state index >= 15 is 0 Å². The molecule has 0 bridgehead atoms. The van der Waals surface area contributed by atoms with Crippen molar-refractivity contribution in [2.75, 3.05) is 0 Å². The van der Waals surface area contributed by atoms with E-state index in [0.29, 0.717) is 18.0 Å². The molecule has 1 aromatic rings. The molecule has 3 N–H and O–H groups in total. The monoisotopic (exact) mass is 350 g/mol. The summed E-state index contributed by atoms with van der Waals surface area (Å²) in [5, 5.41) is 3.77. The lowest BCUT2D eigenvalue weighted by Crippen LogP contribution is -2.47. The van der Waals surface area contributed by atoms with E-state index in [0.717, 1.165) is 25.7 Å². The van der Waals surface area contributed by atoms with Gasteiger partial charge in [-0.25, -0.2) is 0 Å². The number of rotatable bonds is 4. The summed E-state index contributed by atoms with van der Waals surface area (Å²) in [7, 11) is 0. The van der Waals surface area contributed by atoms with Crippen LogP contribution in [0.4, 0.5) is 0 Å². The Hall–Kier alpha value is -0.870. The molecule has 1 amide bonds. The van der Waals surface area contributed by atoms with Crippen LogP contribution in [-0.4, -0.2) is 18.0 Å². The van der Waals surface area contributed by atoms with Crippen molar-refractivity contribution in [2.45, 2.75) is 56.5 Å². The fourth-order valence-corrected chi connectivity index (χ4v) is 4.30. The quantitative estimate of drug-likeness (QED) is 0.874. The predicted molar refractivity (Wildman–Crippen MR) is 88.0 cm³/mol. The van der Waals surface area contributed by atoms with Gasteiger partial charge < -0.3 is 11.1 Å². The Kier molecular flexibility index (Phi) is 4.65. The number of hydrogen-bond donors (Lipinski definition) is 2. The molecular weight excluding hydrogens is 328 g/mol. The molecule has 0 unspecified atom stereocenters. The van der Waals surface area contributed by atoms with Gasteiger partial charge in [0.05, 0.1) is 0 Å². The molecule has 2 aliphatic rings. The van der Waals surface area contributed by atoms with E-state index in [1.165, 1.54) is 22.9 Å². The highest BCUT2D eigenvalue weighted by Crippen LogP contribution is 2.40. The SMILES string of the molecule is NC(=O)C1CCC(NC2CC(c3ccccc3Br)C2)CC1. The van der Waals surface area contributed by atoms with Crippen molar-refractivity contribution in [3.05, 3.63) is 34.3 Å². The minimum absolute atomic E-state index is 0.109. The maximum atomic E-state index is 11.2. The van der Waals surface area contributed by atoms with E-state index in [9.17, 15) is 4.79 Å². The van der Waals surface area contributed by atoms with Crippen molar-refractivity contribution in [2.24, 2.45) is 11.7 Å². The van der Waals surface area contributed by atoms with Gasteiger partial charge in [0.1, 0.15) is 0 Å². The number of nitrogens with two attached hydrogens (primary N) is 1. The van der Waals surface area contributed by atoms with Crippen LogP contribution in [0.1, 0.15) is 50.0 Å². The maximum Gasteiger partial charge on any atom is 0.220 e. The standard InChI is InChI=1S/C17H23BrN2O/c18-16-4-2-1-3-15(16)12-9-14(10-12)20-13-7-5-11(6-8-13)17(19)21/h1-4,11-14,20H,5-10H2,(H2,19,21). The number of benzene rings is 1. The van der Waals surface area contributed by atoms with E-state index in [2.05, 4.69) is 45.5 Å². The van der Waals surface area contributed by atoms with Crippen LogP contribution in [0.25, 0.3) is 0 Å².